The van der Waals surface area contributed by atoms with Crippen LogP contribution in [0, 0.1) is 11.6 Å². The van der Waals surface area contributed by atoms with Crippen LogP contribution in [0.3, 0.4) is 0 Å². The van der Waals surface area contributed by atoms with E-state index < -0.39 is 17.5 Å². The lowest BCUT2D eigenvalue weighted by Gasteiger charge is -2.15. The quantitative estimate of drug-likeness (QED) is 0.884. The van der Waals surface area contributed by atoms with Crippen LogP contribution in [-0.4, -0.2) is 29.8 Å². The van der Waals surface area contributed by atoms with E-state index in [0.29, 0.717) is 18.5 Å². The second-order valence-electron chi connectivity index (χ2n) is 6.37. The topological polar surface area (TPSA) is 49.4 Å². The Morgan fingerprint density at radius 2 is 1.65 bits per heavy atom. The van der Waals surface area contributed by atoms with Gasteiger partial charge in [-0.15, -0.1) is 0 Å². The Morgan fingerprint density at radius 1 is 0.962 bits per heavy atom. The van der Waals surface area contributed by atoms with Crippen molar-refractivity contribution < 1.29 is 18.4 Å². The maximum absolute atomic E-state index is 13.2. The molecule has 0 bridgehead atoms. The minimum Gasteiger partial charge on any atom is -0.343 e. The van der Waals surface area contributed by atoms with Gasteiger partial charge in [-0.25, -0.2) is 8.78 Å². The normalized spacial score (nSPS) is 13.7. The van der Waals surface area contributed by atoms with Crippen molar-refractivity contribution >= 4 is 17.5 Å². The molecule has 1 aliphatic rings. The van der Waals surface area contributed by atoms with Crippen LogP contribution in [-0.2, 0) is 11.2 Å². The van der Waals surface area contributed by atoms with Crippen LogP contribution >= 0.6 is 0 Å². The van der Waals surface area contributed by atoms with Gasteiger partial charge in [-0.3, -0.25) is 9.59 Å². The summed E-state index contributed by atoms with van der Waals surface area (Å²) in [5.41, 5.74) is 1.60. The number of hydrogen-bond donors (Lipinski definition) is 1. The fourth-order valence-corrected chi connectivity index (χ4v) is 2.97. The van der Waals surface area contributed by atoms with Gasteiger partial charge >= 0.3 is 0 Å². The number of carbonyl (C=O) groups is 2. The van der Waals surface area contributed by atoms with Gasteiger partial charge in [0.1, 0.15) is 0 Å². The van der Waals surface area contributed by atoms with Crippen LogP contribution in [0.4, 0.5) is 14.5 Å². The van der Waals surface area contributed by atoms with E-state index in [1.807, 2.05) is 17.0 Å². The number of carbonyl (C=O) groups excluding carboxylic acids is 2. The maximum Gasteiger partial charge on any atom is 0.255 e. The monoisotopic (exact) mass is 358 g/mol. The smallest absolute Gasteiger partial charge is 0.255 e. The van der Waals surface area contributed by atoms with E-state index in [9.17, 15) is 18.4 Å². The molecule has 0 aromatic heterocycles. The number of nitrogens with one attached hydrogen (secondary N) is 1. The van der Waals surface area contributed by atoms with Crippen LogP contribution in [0.5, 0.6) is 0 Å². The Morgan fingerprint density at radius 3 is 2.31 bits per heavy atom. The SMILES string of the molecule is O=C(Nc1ccc(CCC(=O)N2CCCC2)cc1)c1ccc(F)c(F)c1. The van der Waals surface area contributed by atoms with Gasteiger partial charge in [0.15, 0.2) is 11.6 Å². The molecule has 4 nitrogen and oxygen atoms in total. The number of amides is 2. The van der Waals surface area contributed by atoms with Crippen molar-refractivity contribution in [2.45, 2.75) is 25.7 Å². The zero-order valence-corrected chi connectivity index (χ0v) is 14.3. The number of hydrogen-bond acceptors (Lipinski definition) is 2. The fraction of sp³-hybridized carbons (Fsp3) is 0.300. The van der Waals surface area contributed by atoms with E-state index in [2.05, 4.69) is 5.32 Å². The van der Waals surface area contributed by atoms with E-state index in [4.69, 9.17) is 0 Å². The molecule has 1 aliphatic heterocycles. The Bertz CT molecular complexity index is 800. The standard InChI is InChI=1S/C20H20F2N2O2/c21-17-9-6-15(13-18(17)22)20(26)23-16-7-3-14(4-8-16)5-10-19(25)24-11-1-2-12-24/h3-4,6-9,13H,1-2,5,10-12H2,(H,23,26). The Labute approximate surface area is 150 Å². The van der Waals surface area contributed by atoms with Crippen molar-refractivity contribution in [3.63, 3.8) is 0 Å². The molecule has 2 aromatic rings. The van der Waals surface area contributed by atoms with E-state index in [0.717, 1.165) is 43.6 Å². The summed E-state index contributed by atoms with van der Waals surface area (Å²) >= 11 is 0. The Kier molecular flexibility index (Phi) is 5.61. The summed E-state index contributed by atoms with van der Waals surface area (Å²) in [4.78, 5) is 26.0. The molecule has 1 fully saturated rings. The molecule has 2 aromatic carbocycles. The van der Waals surface area contributed by atoms with Crippen molar-refractivity contribution in [3.05, 3.63) is 65.2 Å². The van der Waals surface area contributed by atoms with Crippen molar-refractivity contribution in [1.29, 1.82) is 0 Å². The van der Waals surface area contributed by atoms with Crippen LogP contribution in [0.15, 0.2) is 42.5 Å². The average Bonchev–Trinajstić information content (AvgIpc) is 3.18. The number of benzene rings is 2. The lowest BCUT2D eigenvalue weighted by molar-refractivity contribution is -0.130. The largest absolute Gasteiger partial charge is 0.343 e. The summed E-state index contributed by atoms with van der Waals surface area (Å²) in [5, 5.41) is 2.64. The highest BCUT2D eigenvalue weighted by Crippen LogP contribution is 2.15. The highest BCUT2D eigenvalue weighted by atomic mass is 19.2. The minimum absolute atomic E-state index is 0.0455. The number of likely N-dealkylation sites (tertiary alicyclic amines) is 1. The first-order chi connectivity index (χ1) is 12.5. The molecular weight excluding hydrogens is 338 g/mol. The highest BCUT2D eigenvalue weighted by molar-refractivity contribution is 6.04. The molecule has 136 valence electrons. The molecule has 0 radical (unpaired) electrons. The van der Waals surface area contributed by atoms with Gasteiger partial charge in [0.05, 0.1) is 0 Å². The number of aryl methyl sites for hydroxylation is 1. The van der Waals surface area contributed by atoms with Crippen molar-refractivity contribution in [2.24, 2.45) is 0 Å². The third-order valence-electron chi connectivity index (χ3n) is 4.48. The molecule has 0 saturated carbocycles. The average molecular weight is 358 g/mol. The molecule has 0 spiro atoms. The first-order valence-corrected chi connectivity index (χ1v) is 8.66. The summed E-state index contributed by atoms with van der Waals surface area (Å²) < 4.78 is 26.1. The molecule has 0 aliphatic carbocycles. The molecule has 1 saturated heterocycles. The molecule has 1 N–H and O–H groups in total. The summed E-state index contributed by atoms with van der Waals surface area (Å²) in [5.74, 6) is -2.39. The van der Waals surface area contributed by atoms with Gasteiger partial charge in [0, 0.05) is 30.8 Å². The Hall–Kier alpha value is -2.76. The van der Waals surface area contributed by atoms with Gasteiger partial charge in [-0.1, -0.05) is 12.1 Å². The predicted octanol–water partition coefficient (Wildman–Crippen LogP) is 3.77. The van der Waals surface area contributed by atoms with Gasteiger partial charge in [0.2, 0.25) is 5.91 Å². The summed E-state index contributed by atoms with van der Waals surface area (Å²) in [6.45, 7) is 1.71. The lowest BCUT2D eigenvalue weighted by Crippen LogP contribution is -2.27. The molecule has 0 atom stereocenters. The molecule has 6 heteroatoms. The van der Waals surface area contributed by atoms with E-state index in [1.54, 1.807) is 12.1 Å². The second-order valence-corrected chi connectivity index (χ2v) is 6.37. The summed E-state index contributed by atoms with van der Waals surface area (Å²) in [6, 6.07) is 10.2. The fourth-order valence-electron chi connectivity index (χ4n) is 2.97. The van der Waals surface area contributed by atoms with Crippen molar-refractivity contribution in [2.75, 3.05) is 18.4 Å². The Balaban J connectivity index is 1.54. The van der Waals surface area contributed by atoms with Crippen LogP contribution < -0.4 is 5.32 Å². The van der Waals surface area contributed by atoms with Crippen LogP contribution in [0.2, 0.25) is 0 Å². The van der Waals surface area contributed by atoms with E-state index in [1.165, 1.54) is 6.07 Å². The number of rotatable bonds is 5. The van der Waals surface area contributed by atoms with Crippen molar-refractivity contribution in [3.8, 4) is 0 Å². The first-order valence-electron chi connectivity index (χ1n) is 8.66. The van der Waals surface area contributed by atoms with Crippen LogP contribution in [0.1, 0.15) is 35.2 Å². The molecule has 1 heterocycles. The second kappa shape index (κ2) is 8.08. The van der Waals surface area contributed by atoms with Crippen molar-refractivity contribution in [1.82, 2.24) is 4.90 Å². The zero-order valence-electron chi connectivity index (χ0n) is 14.3. The third kappa shape index (κ3) is 4.45. The van der Waals surface area contributed by atoms with Gasteiger partial charge in [-0.05, 0) is 55.2 Å². The van der Waals surface area contributed by atoms with Gasteiger partial charge in [0.25, 0.3) is 5.91 Å². The summed E-state index contributed by atoms with van der Waals surface area (Å²) in [6.07, 6.45) is 3.28. The molecule has 0 unspecified atom stereocenters. The number of anilines is 1. The molecular formula is C20H20F2N2O2. The number of nitrogens with zero attached hydrogens (tertiary/aromatic N) is 1. The summed E-state index contributed by atoms with van der Waals surface area (Å²) in [7, 11) is 0. The maximum atomic E-state index is 13.2. The van der Waals surface area contributed by atoms with Crippen LogP contribution in [0.25, 0.3) is 0 Å². The highest BCUT2D eigenvalue weighted by Gasteiger charge is 2.17. The van der Waals surface area contributed by atoms with E-state index >= 15 is 0 Å². The zero-order chi connectivity index (χ0) is 18.5. The third-order valence-corrected chi connectivity index (χ3v) is 4.48. The van der Waals surface area contributed by atoms with Gasteiger partial charge < -0.3 is 10.2 Å². The molecule has 26 heavy (non-hydrogen) atoms. The molecule has 3 rings (SSSR count). The lowest BCUT2D eigenvalue weighted by atomic mass is 10.1. The van der Waals surface area contributed by atoms with E-state index in [-0.39, 0.29) is 11.5 Å². The predicted molar refractivity (Wildman–Crippen MR) is 94.9 cm³/mol. The first kappa shape index (κ1) is 18.0. The van der Waals surface area contributed by atoms with Gasteiger partial charge in [-0.2, -0.15) is 0 Å². The minimum atomic E-state index is -1.06. The molecule has 2 amide bonds. The number of halogens is 2.